The summed E-state index contributed by atoms with van der Waals surface area (Å²) >= 11 is 0. The van der Waals surface area contributed by atoms with Crippen molar-refractivity contribution in [2.24, 2.45) is 14.1 Å². The molecule has 2 aromatic rings. The lowest BCUT2D eigenvalue weighted by Crippen LogP contribution is -2.42. The fraction of sp³-hybridized carbons (Fsp3) is 0.478. The van der Waals surface area contributed by atoms with Gasteiger partial charge in [0.05, 0.1) is 11.4 Å². The van der Waals surface area contributed by atoms with Crippen molar-refractivity contribution in [1.82, 2.24) is 30.2 Å². The third kappa shape index (κ3) is 6.41. The highest BCUT2D eigenvalue weighted by molar-refractivity contribution is 5.93. The van der Waals surface area contributed by atoms with Gasteiger partial charge in [0.1, 0.15) is 0 Å². The van der Waals surface area contributed by atoms with E-state index in [-0.39, 0.29) is 17.9 Å². The van der Waals surface area contributed by atoms with E-state index < -0.39 is 0 Å². The van der Waals surface area contributed by atoms with Gasteiger partial charge in [0, 0.05) is 61.3 Å². The average Bonchev–Trinajstić information content (AvgIpc) is 3.09. The van der Waals surface area contributed by atoms with Crippen molar-refractivity contribution < 1.29 is 9.59 Å². The third-order valence-electron chi connectivity index (χ3n) is 5.44. The highest BCUT2D eigenvalue weighted by Crippen LogP contribution is 2.14. The predicted molar refractivity (Wildman–Crippen MR) is 123 cm³/mol. The summed E-state index contributed by atoms with van der Waals surface area (Å²) in [6.45, 7) is 10.2. The molecule has 1 atom stereocenters. The second kappa shape index (κ2) is 10.7. The number of hydrogen-bond acceptors (Lipinski definition) is 4. The molecule has 0 saturated heterocycles. The first-order valence-electron chi connectivity index (χ1n) is 10.6. The monoisotopic (exact) mass is 426 g/mol. The SMILES string of the molecule is CCCC(CNC(=O)/C=C/c1c(C)nn(C)c1C)NC(=O)/C=C/c1c(C)nn(C)c1C. The van der Waals surface area contributed by atoms with Crippen molar-refractivity contribution in [2.75, 3.05) is 6.54 Å². The Morgan fingerprint density at radius 3 is 1.81 bits per heavy atom. The van der Waals surface area contributed by atoms with E-state index >= 15 is 0 Å². The van der Waals surface area contributed by atoms with Crippen LogP contribution in [-0.2, 0) is 23.7 Å². The van der Waals surface area contributed by atoms with Crippen LogP contribution < -0.4 is 10.6 Å². The maximum Gasteiger partial charge on any atom is 0.244 e. The zero-order valence-electron chi connectivity index (χ0n) is 19.6. The Morgan fingerprint density at radius 1 is 0.903 bits per heavy atom. The van der Waals surface area contributed by atoms with Gasteiger partial charge >= 0.3 is 0 Å². The molecule has 2 aromatic heterocycles. The summed E-state index contributed by atoms with van der Waals surface area (Å²) in [5.74, 6) is -0.386. The van der Waals surface area contributed by atoms with E-state index in [9.17, 15) is 9.59 Å². The molecule has 0 aromatic carbocycles. The molecule has 0 bridgehead atoms. The molecule has 8 nitrogen and oxygen atoms in total. The molecule has 2 amide bonds. The molecule has 0 spiro atoms. The molecule has 2 N–H and O–H groups in total. The molecule has 0 aliphatic heterocycles. The molecule has 2 rings (SSSR count). The lowest BCUT2D eigenvalue weighted by atomic mass is 10.1. The van der Waals surface area contributed by atoms with Gasteiger partial charge in [-0.2, -0.15) is 10.2 Å². The Labute approximate surface area is 184 Å². The van der Waals surface area contributed by atoms with Crippen LogP contribution in [0.2, 0.25) is 0 Å². The van der Waals surface area contributed by atoms with Gasteiger partial charge in [0.2, 0.25) is 11.8 Å². The molecule has 0 radical (unpaired) electrons. The normalized spacial score (nSPS) is 12.6. The Morgan fingerprint density at radius 2 is 1.39 bits per heavy atom. The average molecular weight is 427 g/mol. The van der Waals surface area contributed by atoms with E-state index in [1.165, 1.54) is 12.2 Å². The molecule has 0 aliphatic rings. The molecule has 168 valence electrons. The minimum absolute atomic E-state index is 0.141. The molecular formula is C23H34N6O2. The van der Waals surface area contributed by atoms with Crippen molar-refractivity contribution in [3.05, 3.63) is 46.1 Å². The van der Waals surface area contributed by atoms with Crippen molar-refractivity contribution in [2.45, 2.75) is 53.5 Å². The molecule has 31 heavy (non-hydrogen) atoms. The number of hydrogen-bond donors (Lipinski definition) is 2. The first kappa shape index (κ1) is 24.1. The Bertz CT molecular complexity index is 996. The maximum absolute atomic E-state index is 12.4. The van der Waals surface area contributed by atoms with E-state index in [0.717, 1.165) is 46.7 Å². The van der Waals surface area contributed by atoms with Crippen LogP contribution in [0.5, 0.6) is 0 Å². The molecule has 8 heteroatoms. The lowest BCUT2D eigenvalue weighted by molar-refractivity contribution is -0.119. The molecule has 0 saturated carbocycles. The van der Waals surface area contributed by atoms with Crippen molar-refractivity contribution >= 4 is 24.0 Å². The van der Waals surface area contributed by atoms with Crippen LogP contribution >= 0.6 is 0 Å². The zero-order chi connectivity index (χ0) is 23.1. The van der Waals surface area contributed by atoms with Gasteiger partial charge in [-0.1, -0.05) is 13.3 Å². The number of carbonyl (C=O) groups excluding carboxylic acids is 2. The van der Waals surface area contributed by atoms with E-state index in [4.69, 9.17) is 0 Å². The summed E-state index contributed by atoms with van der Waals surface area (Å²) in [5, 5.41) is 14.6. The number of rotatable bonds is 9. The Kier molecular flexibility index (Phi) is 8.36. The largest absolute Gasteiger partial charge is 0.350 e. The first-order chi connectivity index (χ1) is 14.6. The van der Waals surface area contributed by atoms with E-state index in [1.54, 1.807) is 21.5 Å². The Hall–Kier alpha value is -3.16. The first-order valence-corrected chi connectivity index (χ1v) is 10.6. The maximum atomic E-state index is 12.4. The minimum atomic E-state index is -0.199. The smallest absolute Gasteiger partial charge is 0.244 e. The number of amides is 2. The van der Waals surface area contributed by atoms with Crippen molar-refractivity contribution in [3.8, 4) is 0 Å². The number of nitrogens with zero attached hydrogens (tertiary/aromatic N) is 4. The van der Waals surface area contributed by atoms with Crippen LogP contribution in [0.15, 0.2) is 12.2 Å². The molecule has 0 fully saturated rings. The van der Waals surface area contributed by atoms with Crippen molar-refractivity contribution in [1.29, 1.82) is 0 Å². The molecule has 0 aliphatic carbocycles. The third-order valence-corrected chi connectivity index (χ3v) is 5.44. The quantitative estimate of drug-likeness (QED) is 0.603. The lowest BCUT2D eigenvalue weighted by Gasteiger charge is -2.17. The molecule has 2 heterocycles. The van der Waals surface area contributed by atoms with Gasteiger partial charge in [-0.05, 0) is 46.3 Å². The van der Waals surface area contributed by atoms with E-state index in [0.29, 0.717) is 6.54 Å². The van der Waals surface area contributed by atoms with Gasteiger partial charge in [-0.25, -0.2) is 0 Å². The highest BCUT2D eigenvalue weighted by atomic mass is 16.2. The summed E-state index contributed by atoms with van der Waals surface area (Å²) in [6.07, 6.45) is 8.27. The van der Waals surface area contributed by atoms with Gasteiger partial charge in [-0.3, -0.25) is 19.0 Å². The summed E-state index contributed by atoms with van der Waals surface area (Å²) in [4.78, 5) is 24.7. The molecular weight excluding hydrogens is 392 g/mol. The van der Waals surface area contributed by atoms with Crippen LogP contribution in [0.25, 0.3) is 12.2 Å². The summed E-state index contributed by atoms with van der Waals surface area (Å²) < 4.78 is 3.59. The number of aryl methyl sites for hydroxylation is 4. The predicted octanol–water partition coefficient (Wildman–Crippen LogP) is 2.51. The standard InChI is InChI=1S/C23H34N6O2/c1-8-9-19(25-23(31)13-11-21-16(3)27-29(7)18(21)5)14-24-22(30)12-10-20-15(2)26-28(6)17(20)4/h10-13,19H,8-9,14H2,1-7H3,(H,24,30)(H,25,31)/b12-10+,13-11+. The second-order valence-electron chi connectivity index (χ2n) is 7.82. The van der Waals surface area contributed by atoms with Crippen LogP contribution in [-0.4, -0.2) is 44.0 Å². The minimum Gasteiger partial charge on any atom is -0.350 e. The summed E-state index contributed by atoms with van der Waals surface area (Å²) in [7, 11) is 3.76. The number of nitrogens with one attached hydrogen (secondary N) is 2. The van der Waals surface area contributed by atoms with Gasteiger partial charge in [0.15, 0.2) is 0 Å². The van der Waals surface area contributed by atoms with Crippen LogP contribution in [0.1, 0.15) is 53.7 Å². The van der Waals surface area contributed by atoms with E-state index in [2.05, 4.69) is 20.8 Å². The molecule has 1 unspecified atom stereocenters. The fourth-order valence-electron chi connectivity index (χ4n) is 3.49. The second-order valence-corrected chi connectivity index (χ2v) is 7.82. The zero-order valence-corrected chi connectivity index (χ0v) is 19.6. The topological polar surface area (TPSA) is 93.8 Å². The van der Waals surface area contributed by atoms with Gasteiger partial charge in [0.25, 0.3) is 0 Å². The fourth-order valence-corrected chi connectivity index (χ4v) is 3.49. The summed E-state index contributed by atoms with van der Waals surface area (Å²) in [6, 6.07) is -0.141. The van der Waals surface area contributed by atoms with Gasteiger partial charge < -0.3 is 10.6 Å². The highest BCUT2D eigenvalue weighted by Gasteiger charge is 2.12. The van der Waals surface area contributed by atoms with Crippen LogP contribution in [0.4, 0.5) is 0 Å². The number of carbonyl (C=O) groups is 2. The summed E-state index contributed by atoms with van der Waals surface area (Å²) in [5.41, 5.74) is 5.66. The Balaban J connectivity index is 1.93. The number of aromatic nitrogens is 4. The van der Waals surface area contributed by atoms with Crippen LogP contribution in [0.3, 0.4) is 0 Å². The van der Waals surface area contributed by atoms with Crippen LogP contribution in [0, 0.1) is 27.7 Å². The van der Waals surface area contributed by atoms with E-state index in [1.807, 2.05) is 48.7 Å². The van der Waals surface area contributed by atoms with Crippen molar-refractivity contribution in [3.63, 3.8) is 0 Å². The van der Waals surface area contributed by atoms with Gasteiger partial charge in [-0.15, -0.1) is 0 Å².